The smallest absolute Gasteiger partial charge is 0.416 e. The van der Waals surface area contributed by atoms with E-state index in [9.17, 15) is 27.2 Å². The third kappa shape index (κ3) is 4.08. The summed E-state index contributed by atoms with van der Waals surface area (Å²) in [6, 6.07) is 9.94. The van der Waals surface area contributed by atoms with Gasteiger partial charge in [-0.1, -0.05) is 12.1 Å². The maximum Gasteiger partial charge on any atom is 0.416 e. The second kappa shape index (κ2) is 7.14. The quantitative estimate of drug-likeness (QED) is 0.788. The van der Waals surface area contributed by atoms with Crippen molar-refractivity contribution in [2.45, 2.75) is 18.3 Å². The molecule has 1 amide bonds. The van der Waals surface area contributed by atoms with Crippen molar-refractivity contribution in [2.75, 3.05) is 13.1 Å². The molecule has 1 N–H and O–H groups in total. The van der Waals surface area contributed by atoms with Gasteiger partial charge in [0.25, 0.3) is 5.91 Å². The maximum absolute atomic E-state index is 14.2. The third-order valence-corrected chi connectivity index (χ3v) is 4.37. The van der Waals surface area contributed by atoms with E-state index in [0.29, 0.717) is 0 Å². The Balaban J connectivity index is 1.76. The van der Waals surface area contributed by atoms with E-state index in [1.807, 2.05) is 0 Å². The van der Waals surface area contributed by atoms with Crippen molar-refractivity contribution in [1.29, 1.82) is 0 Å². The van der Waals surface area contributed by atoms with Crippen LogP contribution in [0.15, 0.2) is 48.5 Å². The molecular weight excluding hydrogens is 382 g/mol. The number of alkyl halides is 4. The maximum atomic E-state index is 14.2. The van der Waals surface area contributed by atoms with Gasteiger partial charge in [-0.05, 0) is 36.4 Å². The lowest BCUT2D eigenvalue weighted by Gasteiger charge is -2.18. The first-order chi connectivity index (χ1) is 13.1. The Morgan fingerprint density at radius 2 is 1.71 bits per heavy atom. The molecule has 0 bridgehead atoms. The fraction of sp³-hybridized carbons (Fsp3) is 0.263. The van der Waals surface area contributed by atoms with Crippen LogP contribution in [0.4, 0.5) is 17.6 Å². The van der Waals surface area contributed by atoms with Gasteiger partial charge in [-0.15, -0.1) is 0 Å². The number of ether oxygens (including phenoxy) is 1. The van der Waals surface area contributed by atoms with Crippen LogP contribution in [0.25, 0.3) is 0 Å². The predicted molar refractivity (Wildman–Crippen MR) is 90.0 cm³/mol. The van der Waals surface area contributed by atoms with E-state index in [0.717, 1.165) is 17.0 Å². The van der Waals surface area contributed by atoms with Crippen LogP contribution in [0.5, 0.6) is 11.5 Å². The molecule has 0 saturated carbocycles. The third-order valence-electron chi connectivity index (χ3n) is 4.37. The summed E-state index contributed by atoms with van der Waals surface area (Å²) in [7, 11) is 0. The molecule has 28 heavy (non-hydrogen) atoms. The van der Waals surface area contributed by atoms with Crippen molar-refractivity contribution < 1.29 is 37.0 Å². The molecule has 148 valence electrons. The van der Waals surface area contributed by atoms with Gasteiger partial charge in [-0.2, -0.15) is 13.2 Å². The molecule has 3 rings (SSSR count). The number of hydrogen-bond donors (Lipinski definition) is 1. The Morgan fingerprint density at radius 1 is 1.07 bits per heavy atom. The number of carbonyl (C=O) groups is 2. The Kier molecular flexibility index (Phi) is 5.01. The lowest BCUT2D eigenvalue weighted by Crippen LogP contribution is -2.38. The SMILES string of the molecule is O=C(c1cccc(Oc2cccc(C(F)(F)F)c2)c1)N1CCC(F)(C(=O)O)C1. The van der Waals surface area contributed by atoms with Gasteiger partial charge >= 0.3 is 12.1 Å². The van der Waals surface area contributed by atoms with Crippen molar-refractivity contribution in [1.82, 2.24) is 4.90 Å². The number of benzene rings is 2. The molecular formula is C19H15F4NO4. The molecule has 9 heteroatoms. The lowest BCUT2D eigenvalue weighted by molar-refractivity contribution is -0.149. The number of carboxylic acid groups (broad SMARTS) is 1. The molecule has 0 radical (unpaired) electrons. The predicted octanol–water partition coefficient (Wildman–Crippen LogP) is 4.14. The van der Waals surface area contributed by atoms with Crippen LogP contribution < -0.4 is 4.74 Å². The van der Waals surface area contributed by atoms with Crippen LogP contribution in [0, 0.1) is 0 Å². The largest absolute Gasteiger partial charge is 0.479 e. The highest BCUT2D eigenvalue weighted by atomic mass is 19.4. The van der Waals surface area contributed by atoms with E-state index in [1.165, 1.54) is 36.4 Å². The van der Waals surface area contributed by atoms with Crippen molar-refractivity contribution in [3.05, 3.63) is 59.7 Å². The molecule has 5 nitrogen and oxygen atoms in total. The summed E-state index contributed by atoms with van der Waals surface area (Å²) in [6.07, 6.45) is -4.83. The van der Waals surface area contributed by atoms with Crippen molar-refractivity contribution in [3.8, 4) is 11.5 Å². The normalized spacial score (nSPS) is 19.5. The van der Waals surface area contributed by atoms with Gasteiger partial charge in [0.2, 0.25) is 5.67 Å². The molecule has 2 aromatic carbocycles. The Labute approximate surface area is 157 Å². The highest BCUT2D eigenvalue weighted by Crippen LogP contribution is 2.33. The molecule has 0 aromatic heterocycles. The van der Waals surface area contributed by atoms with Gasteiger partial charge in [0.1, 0.15) is 11.5 Å². The van der Waals surface area contributed by atoms with E-state index < -0.39 is 35.8 Å². The van der Waals surface area contributed by atoms with E-state index in [2.05, 4.69) is 0 Å². The number of carboxylic acids is 1. The summed E-state index contributed by atoms with van der Waals surface area (Å²) < 4.78 is 57.9. The summed E-state index contributed by atoms with van der Waals surface area (Å²) in [4.78, 5) is 24.6. The van der Waals surface area contributed by atoms with Gasteiger partial charge in [0, 0.05) is 18.5 Å². The first-order valence-corrected chi connectivity index (χ1v) is 8.25. The van der Waals surface area contributed by atoms with Crippen LogP contribution in [-0.2, 0) is 11.0 Å². The second-order valence-electron chi connectivity index (χ2n) is 6.40. The molecule has 1 aliphatic rings. The minimum absolute atomic E-state index is 0.0552. The van der Waals surface area contributed by atoms with Crippen LogP contribution in [0.3, 0.4) is 0 Å². The molecule has 1 fully saturated rings. The van der Waals surface area contributed by atoms with Crippen LogP contribution in [0.2, 0.25) is 0 Å². The zero-order valence-corrected chi connectivity index (χ0v) is 14.4. The number of halogens is 4. The Bertz CT molecular complexity index is 915. The summed E-state index contributed by atoms with van der Waals surface area (Å²) in [5.41, 5.74) is -3.25. The fourth-order valence-electron chi connectivity index (χ4n) is 2.87. The van der Waals surface area contributed by atoms with Crippen molar-refractivity contribution in [2.24, 2.45) is 0 Å². The van der Waals surface area contributed by atoms with Gasteiger partial charge in [-0.25, -0.2) is 9.18 Å². The van der Waals surface area contributed by atoms with Crippen LogP contribution in [-0.4, -0.2) is 40.6 Å². The average Bonchev–Trinajstić information content (AvgIpc) is 3.05. The highest BCUT2D eigenvalue weighted by Gasteiger charge is 2.47. The molecule has 1 heterocycles. The monoisotopic (exact) mass is 397 g/mol. The minimum atomic E-state index is -4.52. The summed E-state index contributed by atoms with van der Waals surface area (Å²) >= 11 is 0. The number of carbonyl (C=O) groups excluding carboxylic acids is 1. The zero-order valence-electron chi connectivity index (χ0n) is 14.4. The first-order valence-electron chi connectivity index (χ1n) is 8.25. The van der Waals surface area contributed by atoms with E-state index >= 15 is 0 Å². The Hall–Kier alpha value is -3.10. The Morgan fingerprint density at radius 3 is 2.32 bits per heavy atom. The van der Waals surface area contributed by atoms with Crippen LogP contribution in [0.1, 0.15) is 22.3 Å². The average molecular weight is 397 g/mol. The zero-order chi connectivity index (χ0) is 20.5. The molecule has 2 aromatic rings. The summed E-state index contributed by atoms with van der Waals surface area (Å²) in [6.45, 7) is -0.625. The number of aliphatic carboxylic acids is 1. The van der Waals surface area contributed by atoms with Gasteiger partial charge in [0.15, 0.2) is 0 Å². The topological polar surface area (TPSA) is 66.8 Å². The van der Waals surface area contributed by atoms with Crippen molar-refractivity contribution in [3.63, 3.8) is 0 Å². The number of rotatable bonds is 4. The number of amides is 1. The van der Waals surface area contributed by atoms with Crippen LogP contribution >= 0.6 is 0 Å². The van der Waals surface area contributed by atoms with Gasteiger partial charge < -0.3 is 14.7 Å². The van der Waals surface area contributed by atoms with Gasteiger partial charge in [0.05, 0.1) is 12.1 Å². The van der Waals surface area contributed by atoms with E-state index in [-0.39, 0.29) is 30.0 Å². The standard InChI is InChI=1S/C19H15F4NO4/c20-18(17(26)27)7-8-24(11-18)16(25)12-3-1-5-14(9-12)28-15-6-2-4-13(10-15)19(21,22)23/h1-6,9-10H,7-8,11H2,(H,26,27). The highest BCUT2D eigenvalue weighted by molar-refractivity contribution is 5.95. The van der Waals surface area contributed by atoms with Gasteiger partial charge in [-0.3, -0.25) is 4.79 Å². The molecule has 1 saturated heterocycles. The molecule has 1 atom stereocenters. The number of nitrogens with zero attached hydrogens (tertiary/aromatic N) is 1. The first kappa shape index (κ1) is 19.7. The fourth-order valence-corrected chi connectivity index (χ4v) is 2.87. The molecule has 1 aliphatic heterocycles. The van der Waals surface area contributed by atoms with E-state index in [1.54, 1.807) is 0 Å². The summed E-state index contributed by atoms with van der Waals surface area (Å²) in [5.74, 6) is -2.15. The summed E-state index contributed by atoms with van der Waals surface area (Å²) in [5, 5.41) is 8.92. The van der Waals surface area contributed by atoms with Crippen molar-refractivity contribution >= 4 is 11.9 Å². The van der Waals surface area contributed by atoms with E-state index in [4.69, 9.17) is 9.84 Å². The number of hydrogen-bond acceptors (Lipinski definition) is 3. The minimum Gasteiger partial charge on any atom is -0.479 e. The molecule has 0 spiro atoms. The second-order valence-corrected chi connectivity index (χ2v) is 6.40. The number of likely N-dealkylation sites (tertiary alicyclic amines) is 1. The lowest BCUT2D eigenvalue weighted by atomic mass is 10.1. The molecule has 1 unspecified atom stereocenters. The molecule has 0 aliphatic carbocycles.